The second kappa shape index (κ2) is 6.37. The standard InChI is InChI=1S/C14H26N2O3/c1-10(2)11(3)15-12(17)9-16-7-5-14(4,6-8-16)13(18)19/h10-11H,5-9H2,1-4H3,(H,15,17)(H,18,19). The number of hydrogen-bond acceptors (Lipinski definition) is 3. The van der Waals surface area contributed by atoms with Gasteiger partial charge in [-0.3, -0.25) is 14.5 Å². The number of hydrogen-bond donors (Lipinski definition) is 2. The molecular formula is C14H26N2O3. The van der Waals surface area contributed by atoms with Crippen LogP contribution in [0.2, 0.25) is 0 Å². The Hall–Kier alpha value is -1.10. The molecule has 5 heteroatoms. The average molecular weight is 270 g/mol. The Bertz CT molecular complexity index is 334. The summed E-state index contributed by atoms with van der Waals surface area (Å²) in [5.74, 6) is -0.286. The monoisotopic (exact) mass is 270 g/mol. The molecule has 0 aromatic carbocycles. The van der Waals surface area contributed by atoms with Crippen molar-refractivity contribution in [2.24, 2.45) is 11.3 Å². The van der Waals surface area contributed by atoms with E-state index in [1.807, 2.05) is 11.8 Å². The first-order chi connectivity index (χ1) is 8.74. The summed E-state index contributed by atoms with van der Waals surface area (Å²) in [7, 11) is 0. The van der Waals surface area contributed by atoms with Crippen LogP contribution in [0, 0.1) is 11.3 Å². The summed E-state index contributed by atoms with van der Waals surface area (Å²) >= 11 is 0. The Labute approximate surface area is 115 Å². The molecule has 1 heterocycles. The van der Waals surface area contributed by atoms with Crippen LogP contribution in [-0.4, -0.2) is 47.6 Å². The lowest BCUT2D eigenvalue weighted by Gasteiger charge is -2.36. The number of aliphatic carboxylic acids is 1. The molecule has 110 valence electrons. The van der Waals surface area contributed by atoms with Gasteiger partial charge in [-0.2, -0.15) is 0 Å². The number of nitrogens with one attached hydrogen (secondary N) is 1. The molecular weight excluding hydrogens is 244 g/mol. The van der Waals surface area contributed by atoms with E-state index in [2.05, 4.69) is 19.2 Å². The van der Waals surface area contributed by atoms with E-state index in [-0.39, 0.29) is 11.9 Å². The molecule has 1 aliphatic heterocycles. The average Bonchev–Trinajstić information content (AvgIpc) is 2.31. The van der Waals surface area contributed by atoms with Crippen molar-refractivity contribution < 1.29 is 14.7 Å². The molecule has 5 nitrogen and oxygen atoms in total. The summed E-state index contributed by atoms with van der Waals surface area (Å²) in [6.07, 6.45) is 1.21. The van der Waals surface area contributed by atoms with Crippen molar-refractivity contribution in [2.45, 2.75) is 46.6 Å². The maximum Gasteiger partial charge on any atom is 0.309 e. The minimum Gasteiger partial charge on any atom is -0.481 e. The first-order valence-electron chi connectivity index (χ1n) is 7.00. The summed E-state index contributed by atoms with van der Waals surface area (Å²) in [6.45, 7) is 9.65. The van der Waals surface area contributed by atoms with Crippen molar-refractivity contribution in [3.8, 4) is 0 Å². The first kappa shape index (κ1) is 16.0. The molecule has 1 aliphatic rings. The first-order valence-corrected chi connectivity index (χ1v) is 7.00. The largest absolute Gasteiger partial charge is 0.481 e. The summed E-state index contributed by atoms with van der Waals surface area (Å²) in [5, 5.41) is 12.1. The minimum absolute atomic E-state index is 0.0279. The predicted octanol–water partition coefficient (Wildman–Crippen LogP) is 1.33. The van der Waals surface area contributed by atoms with Crippen molar-refractivity contribution in [3.63, 3.8) is 0 Å². The van der Waals surface area contributed by atoms with Gasteiger partial charge in [0.2, 0.25) is 5.91 Å². The molecule has 1 amide bonds. The molecule has 1 fully saturated rings. The van der Waals surface area contributed by atoms with Crippen molar-refractivity contribution in [2.75, 3.05) is 19.6 Å². The van der Waals surface area contributed by atoms with Crippen molar-refractivity contribution in [1.29, 1.82) is 0 Å². The van der Waals surface area contributed by atoms with Gasteiger partial charge in [0.25, 0.3) is 0 Å². The lowest BCUT2D eigenvalue weighted by molar-refractivity contribution is -0.150. The summed E-state index contributed by atoms with van der Waals surface area (Å²) in [6, 6.07) is 0.168. The fourth-order valence-electron chi connectivity index (χ4n) is 2.09. The van der Waals surface area contributed by atoms with Gasteiger partial charge in [0, 0.05) is 6.04 Å². The van der Waals surface area contributed by atoms with E-state index >= 15 is 0 Å². The van der Waals surface area contributed by atoms with Crippen LogP contribution in [0.1, 0.15) is 40.5 Å². The molecule has 2 N–H and O–H groups in total. The number of piperidine rings is 1. The minimum atomic E-state index is -0.731. The van der Waals surface area contributed by atoms with Crippen LogP contribution in [-0.2, 0) is 9.59 Å². The highest BCUT2D eigenvalue weighted by molar-refractivity contribution is 5.78. The quantitative estimate of drug-likeness (QED) is 0.791. The molecule has 0 aromatic rings. The molecule has 1 rings (SSSR count). The van der Waals surface area contributed by atoms with Crippen LogP contribution in [0.15, 0.2) is 0 Å². The third-order valence-electron chi connectivity index (χ3n) is 4.23. The molecule has 1 atom stereocenters. The van der Waals surface area contributed by atoms with E-state index < -0.39 is 11.4 Å². The van der Waals surface area contributed by atoms with E-state index in [1.54, 1.807) is 6.92 Å². The van der Waals surface area contributed by atoms with Crippen molar-refractivity contribution in [3.05, 3.63) is 0 Å². The van der Waals surface area contributed by atoms with Crippen LogP contribution in [0.4, 0.5) is 0 Å². The highest BCUT2D eigenvalue weighted by atomic mass is 16.4. The van der Waals surface area contributed by atoms with E-state index in [9.17, 15) is 9.59 Å². The normalized spacial score (nSPS) is 21.1. The van der Waals surface area contributed by atoms with Gasteiger partial charge < -0.3 is 10.4 Å². The Morgan fingerprint density at radius 2 is 1.79 bits per heavy atom. The molecule has 0 bridgehead atoms. The SMILES string of the molecule is CC(C)C(C)NC(=O)CN1CCC(C)(C(=O)O)CC1. The Kier molecular flexibility index (Phi) is 5.35. The predicted molar refractivity (Wildman–Crippen MR) is 73.9 cm³/mol. The van der Waals surface area contributed by atoms with Crippen molar-refractivity contribution in [1.82, 2.24) is 10.2 Å². The van der Waals surface area contributed by atoms with Crippen LogP contribution in [0.5, 0.6) is 0 Å². The Morgan fingerprint density at radius 1 is 1.26 bits per heavy atom. The van der Waals surface area contributed by atoms with E-state index in [4.69, 9.17) is 5.11 Å². The molecule has 0 aromatic heterocycles. The van der Waals surface area contributed by atoms with Gasteiger partial charge in [0.15, 0.2) is 0 Å². The highest BCUT2D eigenvalue weighted by Gasteiger charge is 2.37. The molecule has 1 unspecified atom stereocenters. The third-order valence-corrected chi connectivity index (χ3v) is 4.23. The number of carboxylic acid groups (broad SMARTS) is 1. The third kappa shape index (κ3) is 4.49. The fourth-order valence-corrected chi connectivity index (χ4v) is 2.09. The zero-order chi connectivity index (χ0) is 14.6. The van der Waals surface area contributed by atoms with Gasteiger partial charge in [-0.1, -0.05) is 13.8 Å². The van der Waals surface area contributed by atoms with Crippen LogP contribution < -0.4 is 5.32 Å². The number of rotatable bonds is 5. The zero-order valence-corrected chi connectivity index (χ0v) is 12.4. The molecule has 0 radical (unpaired) electrons. The molecule has 0 saturated carbocycles. The molecule has 0 spiro atoms. The van der Waals surface area contributed by atoms with Gasteiger partial charge in [0.05, 0.1) is 12.0 Å². The molecule has 1 saturated heterocycles. The number of carboxylic acids is 1. The Balaban J connectivity index is 2.37. The number of carbonyl (C=O) groups excluding carboxylic acids is 1. The smallest absolute Gasteiger partial charge is 0.309 e. The number of likely N-dealkylation sites (tertiary alicyclic amines) is 1. The van der Waals surface area contributed by atoms with Crippen molar-refractivity contribution >= 4 is 11.9 Å². The van der Waals surface area contributed by atoms with Crippen LogP contribution in [0.25, 0.3) is 0 Å². The fraction of sp³-hybridized carbons (Fsp3) is 0.857. The Morgan fingerprint density at radius 3 is 2.21 bits per heavy atom. The molecule has 19 heavy (non-hydrogen) atoms. The van der Waals surface area contributed by atoms with Gasteiger partial charge in [-0.25, -0.2) is 0 Å². The second-order valence-corrected chi connectivity index (χ2v) is 6.24. The lowest BCUT2D eigenvalue weighted by atomic mass is 9.80. The number of amides is 1. The summed E-state index contributed by atoms with van der Waals surface area (Å²) < 4.78 is 0. The van der Waals surface area contributed by atoms with Crippen LogP contribution >= 0.6 is 0 Å². The topological polar surface area (TPSA) is 69.6 Å². The maximum absolute atomic E-state index is 11.9. The molecule has 0 aliphatic carbocycles. The number of nitrogens with zero attached hydrogens (tertiary/aromatic N) is 1. The lowest BCUT2D eigenvalue weighted by Crippen LogP contribution is -2.48. The van der Waals surface area contributed by atoms with Crippen LogP contribution in [0.3, 0.4) is 0 Å². The van der Waals surface area contributed by atoms with Gasteiger partial charge >= 0.3 is 5.97 Å². The zero-order valence-electron chi connectivity index (χ0n) is 12.4. The van der Waals surface area contributed by atoms with Gasteiger partial charge in [0.1, 0.15) is 0 Å². The summed E-state index contributed by atoms with van der Waals surface area (Å²) in [4.78, 5) is 25.0. The summed E-state index contributed by atoms with van der Waals surface area (Å²) in [5.41, 5.74) is -0.627. The maximum atomic E-state index is 11.9. The van der Waals surface area contributed by atoms with E-state index in [0.717, 1.165) is 0 Å². The van der Waals surface area contributed by atoms with Gasteiger partial charge in [-0.05, 0) is 45.7 Å². The second-order valence-electron chi connectivity index (χ2n) is 6.24. The van der Waals surface area contributed by atoms with E-state index in [0.29, 0.717) is 38.4 Å². The number of carbonyl (C=O) groups is 2. The van der Waals surface area contributed by atoms with Gasteiger partial charge in [-0.15, -0.1) is 0 Å². The van der Waals surface area contributed by atoms with E-state index in [1.165, 1.54) is 0 Å². The highest BCUT2D eigenvalue weighted by Crippen LogP contribution is 2.30.